The van der Waals surface area contributed by atoms with Gasteiger partial charge in [0.15, 0.2) is 0 Å². The molecule has 10 heteroatoms. The van der Waals surface area contributed by atoms with Crippen LogP contribution in [0.5, 0.6) is 0 Å². The number of nitrogens with one attached hydrogen (secondary N) is 2. The Hall–Kier alpha value is -4.11. The summed E-state index contributed by atoms with van der Waals surface area (Å²) >= 11 is 6.19. The van der Waals surface area contributed by atoms with Crippen molar-refractivity contribution < 1.29 is 14.0 Å². The zero-order chi connectivity index (χ0) is 28.1. The number of hydrogen-bond acceptors (Lipinski definition) is 5. The van der Waals surface area contributed by atoms with Gasteiger partial charge in [-0.25, -0.2) is 4.39 Å². The number of likely N-dealkylation sites (tertiary alicyclic amines) is 1. The Labute approximate surface area is 235 Å². The number of hydrogen-bond donors (Lipinski definition) is 2. The second kappa shape index (κ2) is 10.1. The maximum absolute atomic E-state index is 13.8. The average Bonchev–Trinajstić information content (AvgIpc) is 3.13. The highest BCUT2D eigenvalue weighted by atomic mass is 35.5. The second-order valence-corrected chi connectivity index (χ2v) is 10.9. The number of rotatable bonds is 4. The first-order valence-corrected chi connectivity index (χ1v) is 13.7. The minimum atomic E-state index is -0.462. The molecule has 0 bridgehead atoms. The molecule has 4 aliphatic heterocycles. The lowest BCUT2D eigenvalue weighted by atomic mass is 9.98. The molecular formula is C30H29ClFN5O3. The molecule has 40 heavy (non-hydrogen) atoms. The summed E-state index contributed by atoms with van der Waals surface area (Å²) in [6.07, 6.45) is 7.24. The van der Waals surface area contributed by atoms with Crippen LogP contribution in [-0.2, 0) is 16.0 Å². The summed E-state index contributed by atoms with van der Waals surface area (Å²) in [4.78, 5) is 47.4. The molecule has 5 aliphatic rings. The van der Waals surface area contributed by atoms with Gasteiger partial charge in [-0.15, -0.1) is 0 Å². The smallest absolute Gasteiger partial charge is 0.258 e. The lowest BCUT2D eigenvalue weighted by Gasteiger charge is -2.40. The molecule has 2 amide bonds. The predicted molar refractivity (Wildman–Crippen MR) is 154 cm³/mol. The Morgan fingerprint density at radius 3 is 2.67 bits per heavy atom. The van der Waals surface area contributed by atoms with Crippen LogP contribution in [0.2, 0.25) is 5.02 Å². The molecule has 8 nitrogen and oxygen atoms in total. The monoisotopic (exact) mass is 561 g/mol. The van der Waals surface area contributed by atoms with E-state index in [-0.39, 0.29) is 29.8 Å². The molecule has 0 atom stereocenters. The SMILES string of the molecule is CC(=O)N1CCC(N2CC=c3[nH]c(=O)c4c5c(ccc2c3-4)=C(NC(=O)Cc2cc(F)ccc2Cl)C=CN5C)CC1. The number of halogens is 2. The molecular weight excluding hydrogens is 533 g/mol. The number of fused-ring (bicyclic) bond motifs is 2. The van der Waals surface area contributed by atoms with Gasteiger partial charge in [-0.05, 0) is 60.9 Å². The van der Waals surface area contributed by atoms with E-state index in [4.69, 9.17) is 11.6 Å². The van der Waals surface area contributed by atoms with Crippen LogP contribution in [0.3, 0.4) is 0 Å². The van der Waals surface area contributed by atoms with Gasteiger partial charge in [-0.3, -0.25) is 14.4 Å². The number of aromatic amines is 1. The number of amides is 2. The molecule has 1 fully saturated rings. The van der Waals surface area contributed by atoms with Crippen molar-refractivity contribution in [2.24, 2.45) is 0 Å². The minimum absolute atomic E-state index is 0.0917. The van der Waals surface area contributed by atoms with Crippen molar-refractivity contribution in [2.75, 3.05) is 36.5 Å². The molecule has 4 heterocycles. The van der Waals surface area contributed by atoms with Gasteiger partial charge < -0.3 is 25.0 Å². The third-order valence-corrected chi connectivity index (χ3v) is 8.41. The molecule has 0 spiro atoms. The van der Waals surface area contributed by atoms with Gasteiger partial charge in [0.05, 0.1) is 23.4 Å². The van der Waals surface area contributed by atoms with Crippen molar-refractivity contribution in [3.05, 3.63) is 79.9 Å². The highest BCUT2D eigenvalue weighted by Crippen LogP contribution is 2.36. The summed E-state index contributed by atoms with van der Waals surface area (Å²) in [7, 11) is 1.87. The van der Waals surface area contributed by atoms with Crippen LogP contribution in [0, 0.1) is 5.82 Å². The highest BCUT2D eigenvalue weighted by molar-refractivity contribution is 6.31. The Bertz CT molecular complexity index is 1720. The van der Waals surface area contributed by atoms with E-state index in [0.29, 0.717) is 52.4 Å². The molecule has 6 rings (SSSR count). The standard InChI is InChI=1S/C30H29ClFN5O3/c1-17(38)36-12-7-20(8-13-36)37-14-10-24-27-25(37)6-4-21-23(9-11-35(2)29(21)28(27)30(40)34-24)33-26(39)16-18-15-19(32)3-5-22(18)31/h3-6,9-11,15,20H,7-8,12-14,16H2,1-2H3,(H,33,39)(H,34,40). The number of aromatic nitrogens is 1. The second-order valence-electron chi connectivity index (χ2n) is 10.5. The molecule has 206 valence electrons. The normalized spacial score (nSPS) is 16.7. The van der Waals surface area contributed by atoms with E-state index in [2.05, 4.69) is 15.2 Å². The van der Waals surface area contributed by atoms with E-state index in [1.807, 2.05) is 41.3 Å². The van der Waals surface area contributed by atoms with Gasteiger partial charge in [0.1, 0.15) is 5.82 Å². The minimum Gasteiger partial charge on any atom is -0.364 e. The van der Waals surface area contributed by atoms with Crippen LogP contribution in [0.1, 0.15) is 25.3 Å². The van der Waals surface area contributed by atoms with Crippen LogP contribution >= 0.6 is 11.6 Å². The molecule has 0 unspecified atom stereocenters. The molecule has 1 aromatic carbocycles. The Morgan fingerprint density at radius 1 is 1.15 bits per heavy atom. The first kappa shape index (κ1) is 26.1. The number of carbonyl (C=O) groups is 2. The van der Waals surface area contributed by atoms with Gasteiger partial charge in [0.2, 0.25) is 11.8 Å². The fraction of sp³-hybridized carbons (Fsp3) is 0.300. The quantitative estimate of drug-likeness (QED) is 0.510. The summed E-state index contributed by atoms with van der Waals surface area (Å²) in [5, 5.41) is 4.76. The summed E-state index contributed by atoms with van der Waals surface area (Å²) in [6.45, 7) is 3.66. The van der Waals surface area contributed by atoms with Gasteiger partial charge in [0.25, 0.3) is 5.56 Å². The number of H-pyrrole nitrogens is 1. The van der Waals surface area contributed by atoms with E-state index in [1.165, 1.54) is 18.2 Å². The number of anilines is 2. The largest absolute Gasteiger partial charge is 0.364 e. The topological polar surface area (TPSA) is 88.7 Å². The van der Waals surface area contributed by atoms with E-state index in [9.17, 15) is 18.8 Å². The Morgan fingerprint density at radius 2 is 1.93 bits per heavy atom. The van der Waals surface area contributed by atoms with E-state index >= 15 is 0 Å². The van der Waals surface area contributed by atoms with Crippen LogP contribution in [0.15, 0.2) is 47.4 Å². The molecule has 2 N–H and O–H groups in total. The third kappa shape index (κ3) is 4.54. The summed E-state index contributed by atoms with van der Waals surface area (Å²) in [6, 6.07) is 8.13. The van der Waals surface area contributed by atoms with E-state index in [1.54, 1.807) is 13.0 Å². The fourth-order valence-corrected chi connectivity index (χ4v) is 6.24. The number of benzene rings is 1. The maximum Gasteiger partial charge on any atom is 0.258 e. The Kier molecular flexibility index (Phi) is 6.62. The summed E-state index contributed by atoms with van der Waals surface area (Å²) in [5.74, 6) is -0.718. The summed E-state index contributed by atoms with van der Waals surface area (Å²) < 4.78 is 13.8. The van der Waals surface area contributed by atoms with Crippen molar-refractivity contribution in [2.45, 2.75) is 32.2 Å². The van der Waals surface area contributed by atoms with Crippen LogP contribution in [0.4, 0.5) is 15.8 Å². The van der Waals surface area contributed by atoms with Crippen LogP contribution in [-0.4, -0.2) is 54.4 Å². The first-order valence-electron chi connectivity index (χ1n) is 13.3. The van der Waals surface area contributed by atoms with Crippen molar-refractivity contribution in [3.63, 3.8) is 0 Å². The Balaban J connectivity index is 1.42. The van der Waals surface area contributed by atoms with Crippen molar-refractivity contribution in [1.29, 1.82) is 0 Å². The van der Waals surface area contributed by atoms with E-state index in [0.717, 1.165) is 29.4 Å². The van der Waals surface area contributed by atoms with Gasteiger partial charge in [-0.1, -0.05) is 11.6 Å². The van der Waals surface area contributed by atoms with Gasteiger partial charge in [0, 0.05) is 72.7 Å². The highest BCUT2D eigenvalue weighted by Gasteiger charge is 2.32. The maximum atomic E-state index is 13.8. The lowest BCUT2D eigenvalue weighted by molar-refractivity contribution is -0.129. The fourth-order valence-electron chi connectivity index (χ4n) is 6.05. The van der Waals surface area contributed by atoms with Crippen LogP contribution < -0.4 is 31.2 Å². The lowest BCUT2D eigenvalue weighted by Crippen LogP contribution is -2.47. The van der Waals surface area contributed by atoms with Crippen LogP contribution in [0.25, 0.3) is 22.9 Å². The molecule has 0 aromatic heterocycles. The molecule has 1 aliphatic carbocycles. The number of carbonyl (C=O) groups excluding carboxylic acids is 2. The molecule has 0 radical (unpaired) electrons. The molecule has 0 saturated carbocycles. The van der Waals surface area contributed by atoms with Crippen molar-refractivity contribution >= 4 is 46.6 Å². The average molecular weight is 562 g/mol. The van der Waals surface area contributed by atoms with Crippen molar-refractivity contribution in [3.8, 4) is 11.1 Å². The number of piperidine rings is 1. The zero-order valence-electron chi connectivity index (χ0n) is 22.3. The zero-order valence-corrected chi connectivity index (χ0v) is 23.0. The molecule has 1 aromatic rings. The molecule has 1 saturated heterocycles. The van der Waals surface area contributed by atoms with Gasteiger partial charge in [-0.2, -0.15) is 0 Å². The number of nitrogens with zero attached hydrogens (tertiary/aromatic N) is 3. The summed E-state index contributed by atoms with van der Waals surface area (Å²) in [5.41, 5.74) is 3.79. The predicted octanol–water partition coefficient (Wildman–Crippen LogP) is 2.31. The van der Waals surface area contributed by atoms with Crippen molar-refractivity contribution in [1.82, 2.24) is 15.2 Å². The van der Waals surface area contributed by atoms with E-state index < -0.39 is 5.82 Å². The van der Waals surface area contributed by atoms with Gasteiger partial charge >= 0.3 is 0 Å². The first-order chi connectivity index (χ1) is 19.2. The third-order valence-electron chi connectivity index (χ3n) is 8.04.